The van der Waals surface area contributed by atoms with Crippen molar-refractivity contribution in [2.45, 2.75) is 32.5 Å². The second-order valence-electron chi connectivity index (χ2n) is 5.47. The van der Waals surface area contributed by atoms with Crippen molar-refractivity contribution < 1.29 is 9.52 Å². The van der Waals surface area contributed by atoms with E-state index in [1.807, 2.05) is 18.2 Å². The molecule has 1 unspecified atom stereocenters. The molecule has 122 valence electrons. The van der Waals surface area contributed by atoms with Crippen molar-refractivity contribution in [2.75, 3.05) is 6.61 Å². The summed E-state index contributed by atoms with van der Waals surface area (Å²) in [7, 11) is 0. The Bertz CT molecular complexity index is 687. The van der Waals surface area contributed by atoms with Gasteiger partial charge in [0, 0.05) is 23.7 Å². The maximum atomic E-state index is 9.68. The lowest BCUT2D eigenvalue weighted by molar-refractivity contribution is 0.101. The molecule has 0 saturated carbocycles. The molecule has 0 aliphatic rings. The summed E-state index contributed by atoms with van der Waals surface area (Å²) in [5.41, 5.74) is 0.871. The van der Waals surface area contributed by atoms with Crippen LogP contribution in [0.1, 0.15) is 24.0 Å². The zero-order chi connectivity index (χ0) is 16.1. The number of rotatable bonds is 8. The number of H-pyrrole nitrogens is 1. The van der Waals surface area contributed by atoms with Gasteiger partial charge in [-0.2, -0.15) is 5.10 Å². The number of aliphatic hydroxyl groups is 1. The van der Waals surface area contributed by atoms with E-state index in [0.29, 0.717) is 6.54 Å². The van der Waals surface area contributed by atoms with Gasteiger partial charge in [0.2, 0.25) is 0 Å². The van der Waals surface area contributed by atoms with Gasteiger partial charge in [-0.3, -0.25) is 10.00 Å². The molecule has 1 atom stereocenters. The Hall–Kier alpha value is -1.89. The second kappa shape index (κ2) is 7.59. The van der Waals surface area contributed by atoms with Crippen molar-refractivity contribution >= 4 is 11.3 Å². The molecule has 3 aromatic rings. The van der Waals surface area contributed by atoms with Crippen LogP contribution in [0.25, 0.3) is 11.5 Å². The molecular formula is C17H21N3O2S. The van der Waals surface area contributed by atoms with Crippen molar-refractivity contribution in [2.24, 2.45) is 0 Å². The smallest absolute Gasteiger partial charge is 0.152 e. The Kier molecular flexibility index (Phi) is 5.27. The first kappa shape index (κ1) is 16.0. The molecule has 0 aliphatic carbocycles. The van der Waals surface area contributed by atoms with Gasteiger partial charge in [-0.15, -0.1) is 11.3 Å². The summed E-state index contributed by atoms with van der Waals surface area (Å²) in [6.07, 6.45) is 2.61. The maximum absolute atomic E-state index is 9.68. The summed E-state index contributed by atoms with van der Waals surface area (Å²) < 4.78 is 5.93. The van der Waals surface area contributed by atoms with Crippen LogP contribution in [-0.2, 0) is 13.1 Å². The van der Waals surface area contributed by atoms with E-state index < -0.39 is 0 Å². The van der Waals surface area contributed by atoms with Gasteiger partial charge in [-0.05, 0) is 36.1 Å². The average Bonchev–Trinajstić information content (AvgIpc) is 3.31. The fraction of sp³-hybridized carbons (Fsp3) is 0.353. The van der Waals surface area contributed by atoms with Crippen molar-refractivity contribution in [1.29, 1.82) is 0 Å². The van der Waals surface area contributed by atoms with Crippen LogP contribution in [0.5, 0.6) is 0 Å². The van der Waals surface area contributed by atoms with Gasteiger partial charge >= 0.3 is 0 Å². The van der Waals surface area contributed by atoms with Crippen molar-refractivity contribution in [3.05, 3.63) is 52.5 Å². The topological polar surface area (TPSA) is 65.3 Å². The van der Waals surface area contributed by atoms with E-state index in [2.05, 4.69) is 39.5 Å². The monoisotopic (exact) mass is 331 g/mol. The van der Waals surface area contributed by atoms with E-state index in [1.165, 1.54) is 4.88 Å². The zero-order valence-corrected chi connectivity index (χ0v) is 13.9. The lowest BCUT2D eigenvalue weighted by atomic mass is 10.2. The van der Waals surface area contributed by atoms with Crippen LogP contribution in [-0.4, -0.2) is 32.9 Å². The van der Waals surface area contributed by atoms with E-state index in [9.17, 15) is 5.11 Å². The Morgan fingerprint density at radius 3 is 2.87 bits per heavy atom. The summed E-state index contributed by atoms with van der Waals surface area (Å²) in [6, 6.07) is 10.1. The molecule has 0 spiro atoms. The fourth-order valence-electron chi connectivity index (χ4n) is 2.62. The molecule has 0 amide bonds. The quantitative estimate of drug-likeness (QED) is 0.663. The standard InChI is InChI=1S/C17H21N3O2S/c1-2-13(12-21)20(11-15-4-3-9-23-15)10-14-5-6-17(22-14)16-7-8-18-19-16/h3-9,13,21H,2,10-12H2,1H3,(H,18,19). The normalized spacial score (nSPS) is 12.8. The number of thiophene rings is 1. The number of aliphatic hydroxyl groups excluding tert-OH is 1. The van der Waals surface area contributed by atoms with Crippen LogP contribution in [0, 0.1) is 0 Å². The van der Waals surface area contributed by atoms with Gasteiger partial charge in [0.15, 0.2) is 5.76 Å². The summed E-state index contributed by atoms with van der Waals surface area (Å²) in [4.78, 5) is 3.55. The molecule has 3 rings (SSSR count). The predicted octanol–water partition coefficient (Wildman–Crippen LogP) is 3.50. The predicted molar refractivity (Wildman–Crippen MR) is 91.0 cm³/mol. The average molecular weight is 331 g/mol. The first-order valence-electron chi connectivity index (χ1n) is 7.76. The van der Waals surface area contributed by atoms with E-state index >= 15 is 0 Å². The Balaban J connectivity index is 1.75. The lowest BCUT2D eigenvalue weighted by Crippen LogP contribution is -2.36. The molecule has 0 bridgehead atoms. The van der Waals surface area contributed by atoms with E-state index in [1.54, 1.807) is 17.5 Å². The van der Waals surface area contributed by atoms with Crippen molar-refractivity contribution in [3.63, 3.8) is 0 Å². The summed E-state index contributed by atoms with van der Waals surface area (Å²) in [5.74, 6) is 1.67. The number of furan rings is 1. The molecule has 5 nitrogen and oxygen atoms in total. The highest BCUT2D eigenvalue weighted by Gasteiger charge is 2.19. The minimum Gasteiger partial charge on any atom is -0.458 e. The SMILES string of the molecule is CCC(CO)N(Cc1ccc(-c2ccn[nH]2)o1)Cc1cccs1. The van der Waals surface area contributed by atoms with Crippen LogP contribution in [0.3, 0.4) is 0 Å². The molecule has 0 saturated heterocycles. The third-order valence-electron chi connectivity index (χ3n) is 3.92. The van der Waals surface area contributed by atoms with E-state index in [0.717, 1.165) is 30.2 Å². The molecule has 3 heterocycles. The van der Waals surface area contributed by atoms with Crippen LogP contribution in [0.4, 0.5) is 0 Å². The Labute approximate surface area is 139 Å². The van der Waals surface area contributed by atoms with Crippen LogP contribution in [0.2, 0.25) is 0 Å². The van der Waals surface area contributed by atoms with Gasteiger partial charge in [0.05, 0.1) is 13.2 Å². The Morgan fingerprint density at radius 2 is 2.22 bits per heavy atom. The minimum atomic E-state index is 0.123. The third kappa shape index (κ3) is 3.90. The number of hydrogen-bond donors (Lipinski definition) is 2. The lowest BCUT2D eigenvalue weighted by Gasteiger charge is -2.28. The molecule has 3 aromatic heterocycles. The summed E-state index contributed by atoms with van der Waals surface area (Å²) in [6.45, 7) is 3.73. The number of nitrogens with one attached hydrogen (secondary N) is 1. The van der Waals surface area contributed by atoms with Gasteiger partial charge < -0.3 is 9.52 Å². The van der Waals surface area contributed by atoms with Crippen LogP contribution >= 0.6 is 11.3 Å². The highest BCUT2D eigenvalue weighted by molar-refractivity contribution is 7.09. The van der Waals surface area contributed by atoms with Gasteiger partial charge in [0.25, 0.3) is 0 Å². The maximum Gasteiger partial charge on any atom is 0.152 e. The summed E-state index contributed by atoms with van der Waals surface area (Å²) >= 11 is 1.74. The molecule has 0 aromatic carbocycles. The van der Waals surface area contributed by atoms with Gasteiger partial charge in [-0.1, -0.05) is 13.0 Å². The van der Waals surface area contributed by atoms with E-state index in [-0.39, 0.29) is 12.6 Å². The first-order chi connectivity index (χ1) is 11.3. The fourth-order valence-corrected chi connectivity index (χ4v) is 3.35. The van der Waals surface area contributed by atoms with Gasteiger partial charge in [0.1, 0.15) is 11.5 Å². The molecule has 6 heteroatoms. The molecule has 0 aliphatic heterocycles. The number of hydrogen-bond acceptors (Lipinski definition) is 5. The molecule has 2 N–H and O–H groups in total. The van der Waals surface area contributed by atoms with E-state index in [4.69, 9.17) is 4.42 Å². The van der Waals surface area contributed by atoms with Gasteiger partial charge in [-0.25, -0.2) is 0 Å². The third-order valence-corrected chi connectivity index (χ3v) is 4.79. The second-order valence-corrected chi connectivity index (χ2v) is 6.50. The minimum absolute atomic E-state index is 0.123. The van der Waals surface area contributed by atoms with Crippen molar-refractivity contribution in [3.8, 4) is 11.5 Å². The highest BCUT2D eigenvalue weighted by atomic mass is 32.1. The number of nitrogens with zero attached hydrogens (tertiary/aromatic N) is 2. The number of aromatic nitrogens is 2. The molecular weight excluding hydrogens is 310 g/mol. The van der Waals surface area contributed by atoms with Crippen LogP contribution in [0.15, 0.2) is 46.3 Å². The largest absolute Gasteiger partial charge is 0.458 e. The zero-order valence-electron chi connectivity index (χ0n) is 13.1. The molecule has 0 fully saturated rings. The molecule has 0 radical (unpaired) electrons. The van der Waals surface area contributed by atoms with Crippen molar-refractivity contribution in [1.82, 2.24) is 15.1 Å². The summed E-state index contributed by atoms with van der Waals surface area (Å²) in [5, 5.41) is 18.6. The number of aromatic amines is 1. The van der Waals surface area contributed by atoms with Crippen LogP contribution < -0.4 is 0 Å². The highest BCUT2D eigenvalue weighted by Crippen LogP contribution is 2.23. The molecule has 23 heavy (non-hydrogen) atoms. The first-order valence-corrected chi connectivity index (χ1v) is 8.64. The Morgan fingerprint density at radius 1 is 1.30 bits per heavy atom.